The van der Waals surface area contributed by atoms with Gasteiger partial charge in [-0.25, -0.2) is 18.7 Å². The van der Waals surface area contributed by atoms with Gasteiger partial charge in [0.05, 0.1) is 18.8 Å². The van der Waals surface area contributed by atoms with E-state index < -0.39 is 17.7 Å². The van der Waals surface area contributed by atoms with Gasteiger partial charge in [0, 0.05) is 12.6 Å². The van der Waals surface area contributed by atoms with Crippen LogP contribution in [0.5, 0.6) is 5.88 Å². The van der Waals surface area contributed by atoms with E-state index in [0.29, 0.717) is 36.8 Å². The second kappa shape index (κ2) is 6.45. The molecule has 0 saturated carbocycles. The summed E-state index contributed by atoms with van der Waals surface area (Å²) < 4.78 is 32.0. The van der Waals surface area contributed by atoms with Crippen molar-refractivity contribution in [2.24, 2.45) is 0 Å². The van der Waals surface area contributed by atoms with Crippen molar-refractivity contribution >= 4 is 5.82 Å². The molecule has 5 nitrogen and oxygen atoms in total. The summed E-state index contributed by atoms with van der Waals surface area (Å²) >= 11 is 0. The zero-order chi connectivity index (χ0) is 16.4. The lowest BCUT2D eigenvalue weighted by atomic mass is 10.0. The maximum atomic E-state index is 13.5. The summed E-state index contributed by atoms with van der Waals surface area (Å²) in [6.07, 6.45) is 1.23. The molecule has 2 atom stereocenters. The predicted molar refractivity (Wildman–Crippen MR) is 80.3 cm³/mol. The third kappa shape index (κ3) is 3.24. The Kier molecular flexibility index (Phi) is 4.38. The van der Waals surface area contributed by atoms with Crippen LogP contribution in [0.2, 0.25) is 0 Å². The molecule has 2 heterocycles. The lowest BCUT2D eigenvalue weighted by Gasteiger charge is -2.25. The molecule has 1 saturated heterocycles. The molecule has 1 fully saturated rings. The smallest absolute Gasteiger partial charge is 0.218 e. The number of halogens is 2. The summed E-state index contributed by atoms with van der Waals surface area (Å²) in [4.78, 5) is 10.1. The summed E-state index contributed by atoms with van der Waals surface area (Å²) in [5, 5.41) is 10.0. The van der Waals surface area contributed by atoms with Crippen molar-refractivity contribution in [1.29, 1.82) is 0 Å². The fourth-order valence-electron chi connectivity index (χ4n) is 2.82. The number of nitrogens with zero attached hydrogens (tertiary/aromatic N) is 3. The Balaban J connectivity index is 1.93. The van der Waals surface area contributed by atoms with Gasteiger partial charge in [0.15, 0.2) is 11.6 Å². The van der Waals surface area contributed by atoms with Gasteiger partial charge >= 0.3 is 0 Å². The first kappa shape index (κ1) is 15.6. The number of hydrogen-bond acceptors (Lipinski definition) is 5. The average molecular weight is 321 g/mol. The summed E-state index contributed by atoms with van der Waals surface area (Å²) in [6, 6.07) is 5.17. The molecular weight excluding hydrogens is 304 g/mol. The van der Waals surface area contributed by atoms with Crippen molar-refractivity contribution in [3.8, 4) is 5.88 Å². The fourth-order valence-corrected chi connectivity index (χ4v) is 2.82. The van der Waals surface area contributed by atoms with Crippen molar-refractivity contribution in [2.75, 3.05) is 18.1 Å². The highest BCUT2D eigenvalue weighted by molar-refractivity contribution is 5.46. The number of aliphatic hydroxyl groups is 1. The second-order valence-corrected chi connectivity index (χ2v) is 5.38. The zero-order valence-electron chi connectivity index (χ0n) is 12.6. The lowest BCUT2D eigenvalue weighted by molar-refractivity contribution is 0.194. The van der Waals surface area contributed by atoms with Crippen molar-refractivity contribution in [2.45, 2.75) is 25.5 Å². The van der Waals surface area contributed by atoms with E-state index in [0.717, 1.165) is 12.1 Å². The summed E-state index contributed by atoms with van der Waals surface area (Å²) in [5.41, 5.74) is 0.594. The molecule has 1 aliphatic rings. The van der Waals surface area contributed by atoms with Gasteiger partial charge in [-0.3, -0.25) is 0 Å². The number of anilines is 1. The molecule has 122 valence electrons. The molecular formula is C16H17F2N3O2. The van der Waals surface area contributed by atoms with Crippen LogP contribution in [0.25, 0.3) is 0 Å². The number of rotatable bonds is 4. The SMILES string of the molecule is CCOc1cc(N2C[C@@H](O)C[C@H]2c2ccc(F)c(F)c2)ncn1. The van der Waals surface area contributed by atoms with E-state index in [2.05, 4.69) is 9.97 Å². The largest absolute Gasteiger partial charge is 0.478 e. The zero-order valence-corrected chi connectivity index (χ0v) is 12.6. The van der Waals surface area contributed by atoms with Crippen LogP contribution in [0.3, 0.4) is 0 Å². The van der Waals surface area contributed by atoms with Gasteiger partial charge in [0.1, 0.15) is 12.1 Å². The van der Waals surface area contributed by atoms with Gasteiger partial charge in [-0.15, -0.1) is 0 Å². The molecule has 1 aromatic carbocycles. The van der Waals surface area contributed by atoms with Crippen molar-refractivity contribution in [1.82, 2.24) is 9.97 Å². The van der Waals surface area contributed by atoms with Crippen LogP contribution in [0.1, 0.15) is 24.9 Å². The maximum absolute atomic E-state index is 13.5. The van der Waals surface area contributed by atoms with E-state index in [1.165, 1.54) is 12.4 Å². The molecule has 23 heavy (non-hydrogen) atoms. The first-order valence-corrected chi connectivity index (χ1v) is 7.43. The van der Waals surface area contributed by atoms with Crippen LogP contribution < -0.4 is 9.64 Å². The van der Waals surface area contributed by atoms with E-state index >= 15 is 0 Å². The molecule has 0 bridgehead atoms. The van der Waals surface area contributed by atoms with Crippen LogP contribution in [-0.4, -0.2) is 34.3 Å². The van der Waals surface area contributed by atoms with Crippen molar-refractivity contribution in [3.63, 3.8) is 0 Å². The highest BCUT2D eigenvalue weighted by Crippen LogP contribution is 2.36. The molecule has 0 unspecified atom stereocenters. The van der Waals surface area contributed by atoms with Gasteiger partial charge in [-0.05, 0) is 31.0 Å². The normalized spacial score (nSPS) is 20.8. The molecule has 3 rings (SSSR count). The number of ether oxygens (including phenoxy) is 1. The minimum Gasteiger partial charge on any atom is -0.478 e. The lowest BCUT2D eigenvalue weighted by Crippen LogP contribution is -2.25. The van der Waals surface area contributed by atoms with E-state index in [1.807, 2.05) is 11.8 Å². The standard InChI is InChI=1S/C16H17F2N3O2/c1-2-23-16-7-15(19-9-20-16)21-8-11(22)6-14(21)10-3-4-12(17)13(18)5-10/h3-5,7,9,11,14,22H,2,6,8H2,1H3/t11-,14-/m0/s1. The minimum atomic E-state index is -0.901. The second-order valence-electron chi connectivity index (χ2n) is 5.38. The third-order valence-electron chi connectivity index (χ3n) is 3.82. The van der Waals surface area contributed by atoms with Gasteiger partial charge in [0.25, 0.3) is 0 Å². The number of β-amino-alcohol motifs (C(OH)–C–C–N with tert-alkyl or cyclic N) is 1. The van der Waals surface area contributed by atoms with E-state index in [4.69, 9.17) is 4.74 Å². The number of hydrogen-bond donors (Lipinski definition) is 1. The van der Waals surface area contributed by atoms with Gasteiger partial charge in [-0.1, -0.05) is 6.07 Å². The molecule has 0 spiro atoms. The molecule has 0 aliphatic carbocycles. The highest BCUT2D eigenvalue weighted by atomic mass is 19.2. The number of aromatic nitrogens is 2. The Morgan fingerprint density at radius 3 is 2.83 bits per heavy atom. The maximum Gasteiger partial charge on any atom is 0.218 e. The Morgan fingerprint density at radius 1 is 1.26 bits per heavy atom. The predicted octanol–water partition coefficient (Wildman–Crippen LogP) is 2.47. The Morgan fingerprint density at radius 2 is 2.09 bits per heavy atom. The molecule has 7 heteroatoms. The van der Waals surface area contributed by atoms with Crippen molar-refractivity contribution in [3.05, 3.63) is 47.8 Å². The van der Waals surface area contributed by atoms with Crippen LogP contribution in [0, 0.1) is 11.6 Å². The number of aliphatic hydroxyl groups excluding tert-OH is 1. The van der Waals surface area contributed by atoms with Gasteiger partial charge < -0.3 is 14.7 Å². The molecule has 0 amide bonds. The minimum absolute atomic E-state index is 0.288. The van der Waals surface area contributed by atoms with Crippen LogP contribution in [-0.2, 0) is 0 Å². The first-order chi connectivity index (χ1) is 11.1. The van der Waals surface area contributed by atoms with Crippen LogP contribution in [0.15, 0.2) is 30.6 Å². The molecule has 1 aromatic heterocycles. The summed E-state index contributed by atoms with van der Waals surface area (Å²) in [7, 11) is 0. The first-order valence-electron chi connectivity index (χ1n) is 7.43. The molecule has 0 radical (unpaired) electrons. The molecule has 1 aliphatic heterocycles. The number of benzene rings is 1. The van der Waals surface area contributed by atoms with Crippen molar-refractivity contribution < 1.29 is 18.6 Å². The average Bonchev–Trinajstić information content (AvgIpc) is 2.93. The van der Waals surface area contributed by atoms with Gasteiger partial charge in [0.2, 0.25) is 5.88 Å². The summed E-state index contributed by atoms with van der Waals surface area (Å²) in [5.74, 6) is -0.779. The molecule has 2 aromatic rings. The monoisotopic (exact) mass is 321 g/mol. The Hall–Kier alpha value is -2.28. The van der Waals surface area contributed by atoms with Crippen LogP contribution in [0.4, 0.5) is 14.6 Å². The van der Waals surface area contributed by atoms with Gasteiger partial charge in [-0.2, -0.15) is 0 Å². The Labute approximate surface area is 132 Å². The highest BCUT2D eigenvalue weighted by Gasteiger charge is 2.33. The fraction of sp³-hybridized carbons (Fsp3) is 0.375. The van der Waals surface area contributed by atoms with E-state index in [1.54, 1.807) is 6.07 Å². The Bertz CT molecular complexity index is 699. The quantitative estimate of drug-likeness (QED) is 0.937. The third-order valence-corrected chi connectivity index (χ3v) is 3.82. The molecule has 1 N–H and O–H groups in total. The topological polar surface area (TPSA) is 58.5 Å². The van der Waals surface area contributed by atoms with Crippen LogP contribution >= 0.6 is 0 Å². The summed E-state index contributed by atoms with van der Waals surface area (Å²) in [6.45, 7) is 2.68. The van der Waals surface area contributed by atoms with E-state index in [9.17, 15) is 13.9 Å². The van der Waals surface area contributed by atoms with E-state index in [-0.39, 0.29) is 6.04 Å².